The normalized spacial score (nSPS) is 20.8. The van der Waals surface area contributed by atoms with Crippen LogP contribution in [0.3, 0.4) is 0 Å². The van der Waals surface area contributed by atoms with Gasteiger partial charge in [0.15, 0.2) is 0 Å². The zero-order valence-electron chi connectivity index (χ0n) is 7.42. The van der Waals surface area contributed by atoms with Crippen LogP contribution in [-0.2, 0) is 6.42 Å². The van der Waals surface area contributed by atoms with Crippen molar-refractivity contribution >= 4 is 27.3 Å². The minimum atomic E-state index is -0.399. The standard InChI is InChI=1S/C10H13BrOS/c11-8-5-9(13-7-8)6-10(12)3-1-2-4-10/h5,7,12H,1-4,6H2. The van der Waals surface area contributed by atoms with Gasteiger partial charge >= 0.3 is 0 Å². The number of hydrogen-bond acceptors (Lipinski definition) is 2. The van der Waals surface area contributed by atoms with Gasteiger partial charge in [0.05, 0.1) is 5.60 Å². The molecule has 13 heavy (non-hydrogen) atoms. The number of rotatable bonds is 2. The molecule has 1 aliphatic carbocycles. The Morgan fingerprint density at radius 3 is 2.69 bits per heavy atom. The summed E-state index contributed by atoms with van der Waals surface area (Å²) in [7, 11) is 0. The molecule has 0 bridgehead atoms. The van der Waals surface area contributed by atoms with Gasteiger partial charge in [-0.3, -0.25) is 0 Å². The zero-order valence-corrected chi connectivity index (χ0v) is 9.83. The lowest BCUT2D eigenvalue weighted by molar-refractivity contribution is 0.0490. The third-order valence-corrected chi connectivity index (χ3v) is 4.36. The molecule has 0 unspecified atom stereocenters. The van der Waals surface area contributed by atoms with Crippen molar-refractivity contribution in [1.82, 2.24) is 0 Å². The van der Waals surface area contributed by atoms with Crippen molar-refractivity contribution in [3.05, 3.63) is 20.8 Å². The molecular formula is C10H13BrOS. The summed E-state index contributed by atoms with van der Waals surface area (Å²) in [6.45, 7) is 0. The Kier molecular flexibility index (Phi) is 2.77. The Labute approximate surface area is 90.9 Å². The summed E-state index contributed by atoms with van der Waals surface area (Å²) in [4.78, 5) is 1.29. The molecule has 0 aliphatic heterocycles. The summed E-state index contributed by atoms with van der Waals surface area (Å²) < 4.78 is 1.13. The lowest BCUT2D eigenvalue weighted by Gasteiger charge is -2.20. The van der Waals surface area contributed by atoms with Gasteiger partial charge in [-0.05, 0) is 34.8 Å². The van der Waals surface area contributed by atoms with Gasteiger partial charge in [0.1, 0.15) is 0 Å². The molecule has 0 saturated heterocycles. The predicted molar refractivity (Wildman–Crippen MR) is 59.1 cm³/mol. The van der Waals surface area contributed by atoms with E-state index in [1.165, 1.54) is 17.7 Å². The molecule has 1 N–H and O–H groups in total. The first kappa shape index (κ1) is 9.69. The smallest absolute Gasteiger partial charge is 0.0695 e. The Morgan fingerprint density at radius 2 is 2.15 bits per heavy atom. The minimum Gasteiger partial charge on any atom is -0.390 e. The van der Waals surface area contributed by atoms with Crippen LogP contribution in [0.1, 0.15) is 30.6 Å². The molecule has 1 aliphatic rings. The van der Waals surface area contributed by atoms with Crippen LogP contribution in [0.5, 0.6) is 0 Å². The molecule has 0 aromatic carbocycles. The second-order valence-electron chi connectivity index (χ2n) is 3.84. The molecule has 1 heterocycles. The van der Waals surface area contributed by atoms with Crippen LogP contribution in [-0.4, -0.2) is 10.7 Å². The average molecular weight is 261 g/mol. The van der Waals surface area contributed by atoms with E-state index in [9.17, 15) is 5.11 Å². The third kappa shape index (κ3) is 2.33. The molecule has 0 atom stereocenters. The van der Waals surface area contributed by atoms with Gasteiger partial charge in [-0.15, -0.1) is 11.3 Å². The first-order valence-electron chi connectivity index (χ1n) is 4.63. The molecule has 3 heteroatoms. The summed E-state index contributed by atoms with van der Waals surface area (Å²) in [5.41, 5.74) is -0.399. The van der Waals surface area contributed by atoms with E-state index in [4.69, 9.17) is 0 Å². The van der Waals surface area contributed by atoms with E-state index in [0.29, 0.717) is 0 Å². The highest BCUT2D eigenvalue weighted by Crippen LogP contribution is 2.34. The van der Waals surface area contributed by atoms with Gasteiger partial charge in [0, 0.05) is 21.2 Å². The van der Waals surface area contributed by atoms with Crippen molar-refractivity contribution in [2.45, 2.75) is 37.7 Å². The zero-order chi connectivity index (χ0) is 9.31. The van der Waals surface area contributed by atoms with Crippen LogP contribution in [0.15, 0.2) is 15.9 Å². The van der Waals surface area contributed by atoms with E-state index in [1.807, 2.05) is 0 Å². The topological polar surface area (TPSA) is 20.2 Å². The van der Waals surface area contributed by atoms with Crippen LogP contribution in [0.2, 0.25) is 0 Å². The summed E-state index contributed by atoms with van der Waals surface area (Å²) in [6, 6.07) is 2.11. The van der Waals surface area contributed by atoms with Crippen LogP contribution >= 0.6 is 27.3 Å². The Bertz CT molecular complexity index is 289. The summed E-state index contributed by atoms with van der Waals surface area (Å²) in [6.07, 6.45) is 5.15. The van der Waals surface area contributed by atoms with Crippen LogP contribution < -0.4 is 0 Å². The second kappa shape index (κ2) is 3.71. The quantitative estimate of drug-likeness (QED) is 0.865. The molecule has 1 saturated carbocycles. The molecule has 72 valence electrons. The van der Waals surface area contributed by atoms with E-state index in [2.05, 4.69) is 27.4 Å². The molecule has 1 nitrogen and oxygen atoms in total. The minimum absolute atomic E-state index is 0.399. The fourth-order valence-electron chi connectivity index (χ4n) is 1.98. The van der Waals surface area contributed by atoms with E-state index >= 15 is 0 Å². The van der Waals surface area contributed by atoms with Gasteiger partial charge in [-0.25, -0.2) is 0 Å². The van der Waals surface area contributed by atoms with Crippen molar-refractivity contribution in [3.63, 3.8) is 0 Å². The van der Waals surface area contributed by atoms with Crippen LogP contribution in [0, 0.1) is 0 Å². The lowest BCUT2D eigenvalue weighted by atomic mass is 9.97. The molecule has 1 aromatic rings. The molecule has 1 aromatic heterocycles. The van der Waals surface area contributed by atoms with Crippen molar-refractivity contribution < 1.29 is 5.11 Å². The average Bonchev–Trinajstić information content (AvgIpc) is 2.62. The third-order valence-electron chi connectivity index (χ3n) is 2.66. The summed E-state index contributed by atoms with van der Waals surface area (Å²) in [5, 5.41) is 12.2. The molecule has 0 radical (unpaired) electrons. The monoisotopic (exact) mass is 260 g/mol. The van der Waals surface area contributed by atoms with Crippen molar-refractivity contribution in [3.8, 4) is 0 Å². The van der Waals surface area contributed by atoms with E-state index in [-0.39, 0.29) is 0 Å². The number of thiophene rings is 1. The van der Waals surface area contributed by atoms with Gasteiger partial charge in [-0.2, -0.15) is 0 Å². The van der Waals surface area contributed by atoms with Crippen molar-refractivity contribution in [1.29, 1.82) is 0 Å². The number of halogens is 1. The highest BCUT2D eigenvalue weighted by Gasteiger charge is 2.31. The maximum absolute atomic E-state index is 10.1. The maximum Gasteiger partial charge on any atom is 0.0695 e. The van der Waals surface area contributed by atoms with E-state index < -0.39 is 5.60 Å². The predicted octanol–water partition coefficient (Wildman–Crippen LogP) is 3.36. The molecule has 1 fully saturated rings. The fraction of sp³-hybridized carbons (Fsp3) is 0.600. The van der Waals surface area contributed by atoms with Gasteiger partial charge in [0.2, 0.25) is 0 Å². The number of aliphatic hydroxyl groups is 1. The van der Waals surface area contributed by atoms with E-state index in [1.54, 1.807) is 11.3 Å². The highest BCUT2D eigenvalue weighted by molar-refractivity contribution is 9.10. The molecule has 0 spiro atoms. The Hall–Kier alpha value is 0.140. The maximum atomic E-state index is 10.1. The first-order valence-corrected chi connectivity index (χ1v) is 6.31. The van der Waals surface area contributed by atoms with Gasteiger partial charge in [-0.1, -0.05) is 12.8 Å². The van der Waals surface area contributed by atoms with Crippen LogP contribution in [0.4, 0.5) is 0 Å². The van der Waals surface area contributed by atoms with Gasteiger partial charge < -0.3 is 5.11 Å². The van der Waals surface area contributed by atoms with Crippen LogP contribution in [0.25, 0.3) is 0 Å². The first-order chi connectivity index (χ1) is 6.18. The SMILES string of the molecule is OC1(Cc2cc(Br)cs2)CCCC1. The van der Waals surface area contributed by atoms with Crippen molar-refractivity contribution in [2.75, 3.05) is 0 Å². The second-order valence-corrected chi connectivity index (χ2v) is 5.75. The summed E-state index contributed by atoms with van der Waals surface area (Å²) >= 11 is 5.16. The van der Waals surface area contributed by atoms with E-state index in [0.717, 1.165) is 23.7 Å². The largest absolute Gasteiger partial charge is 0.390 e. The molecular weight excluding hydrogens is 248 g/mol. The summed E-state index contributed by atoms with van der Waals surface area (Å²) in [5.74, 6) is 0. The lowest BCUT2D eigenvalue weighted by Crippen LogP contribution is -2.26. The molecule has 0 amide bonds. The molecule has 2 rings (SSSR count). The van der Waals surface area contributed by atoms with Gasteiger partial charge in [0.25, 0.3) is 0 Å². The Morgan fingerprint density at radius 1 is 1.46 bits per heavy atom. The van der Waals surface area contributed by atoms with Crippen molar-refractivity contribution in [2.24, 2.45) is 0 Å². The fourth-order valence-corrected chi connectivity index (χ4v) is 3.57. The number of hydrogen-bond donors (Lipinski definition) is 1. The Balaban J connectivity index is 2.04. The highest BCUT2D eigenvalue weighted by atomic mass is 79.9.